The second kappa shape index (κ2) is 5.44. The van der Waals surface area contributed by atoms with Crippen LogP contribution in [0.1, 0.15) is 25.7 Å². The Labute approximate surface area is 115 Å². The van der Waals surface area contributed by atoms with Crippen LogP contribution in [0.5, 0.6) is 0 Å². The van der Waals surface area contributed by atoms with Crippen LogP contribution in [-0.2, 0) is 4.79 Å². The van der Waals surface area contributed by atoms with Gasteiger partial charge in [0.05, 0.1) is 12.2 Å². The Morgan fingerprint density at radius 3 is 3.05 bits per heavy atom. The molecule has 1 fully saturated rings. The maximum atomic E-state index is 11.3. The zero-order valence-corrected chi connectivity index (χ0v) is 11.0. The summed E-state index contributed by atoms with van der Waals surface area (Å²) < 4.78 is 0. The standard InChI is InChI=1S/C13H17N5O2/c19-13(20)9-4-2-1-3-8(9)5-14-11-10-12(16-6-15-10)18-7-17-11/h6-9H,1-5H2,(H,19,20)(H2,14,15,16,17,18)/t8-,9-/m0/s1. The van der Waals surface area contributed by atoms with Gasteiger partial charge >= 0.3 is 5.97 Å². The number of fused-ring (bicyclic) bond motifs is 1. The second-order valence-electron chi connectivity index (χ2n) is 5.19. The fourth-order valence-corrected chi connectivity index (χ4v) is 2.90. The topological polar surface area (TPSA) is 104 Å². The van der Waals surface area contributed by atoms with Crippen molar-refractivity contribution in [3.63, 3.8) is 0 Å². The van der Waals surface area contributed by atoms with Crippen LogP contribution in [-0.4, -0.2) is 37.6 Å². The van der Waals surface area contributed by atoms with Crippen LogP contribution in [0.4, 0.5) is 5.82 Å². The summed E-state index contributed by atoms with van der Waals surface area (Å²) in [5, 5.41) is 12.5. The second-order valence-corrected chi connectivity index (χ2v) is 5.19. The zero-order valence-electron chi connectivity index (χ0n) is 11.0. The van der Waals surface area contributed by atoms with E-state index in [4.69, 9.17) is 0 Å². The van der Waals surface area contributed by atoms with E-state index in [9.17, 15) is 9.90 Å². The predicted octanol–water partition coefficient (Wildman–Crippen LogP) is 1.66. The molecule has 1 aliphatic carbocycles. The maximum Gasteiger partial charge on any atom is 0.306 e. The first-order valence-corrected chi connectivity index (χ1v) is 6.86. The maximum absolute atomic E-state index is 11.3. The lowest BCUT2D eigenvalue weighted by Gasteiger charge is -2.28. The van der Waals surface area contributed by atoms with Crippen molar-refractivity contribution in [2.24, 2.45) is 11.8 Å². The van der Waals surface area contributed by atoms with Crippen LogP contribution in [0.15, 0.2) is 12.7 Å². The van der Waals surface area contributed by atoms with Crippen LogP contribution in [0.3, 0.4) is 0 Å². The van der Waals surface area contributed by atoms with Crippen molar-refractivity contribution in [1.82, 2.24) is 19.9 Å². The molecule has 2 aromatic rings. The number of rotatable bonds is 4. The largest absolute Gasteiger partial charge is 0.481 e. The molecule has 106 valence electrons. The third-order valence-electron chi connectivity index (χ3n) is 3.98. The van der Waals surface area contributed by atoms with E-state index in [1.165, 1.54) is 6.33 Å². The van der Waals surface area contributed by atoms with Gasteiger partial charge in [-0.25, -0.2) is 15.0 Å². The molecule has 20 heavy (non-hydrogen) atoms. The smallest absolute Gasteiger partial charge is 0.306 e. The molecule has 0 radical (unpaired) electrons. The lowest BCUT2D eigenvalue weighted by Crippen LogP contribution is -2.31. The molecule has 3 N–H and O–H groups in total. The molecular formula is C13H17N5O2. The van der Waals surface area contributed by atoms with Crippen molar-refractivity contribution in [2.75, 3.05) is 11.9 Å². The summed E-state index contributed by atoms with van der Waals surface area (Å²) in [7, 11) is 0. The van der Waals surface area contributed by atoms with E-state index < -0.39 is 5.97 Å². The molecule has 0 amide bonds. The van der Waals surface area contributed by atoms with Crippen molar-refractivity contribution in [2.45, 2.75) is 25.7 Å². The third-order valence-corrected chi connectivity index (χ3v) is 3.98. The van der Waals surface area contributed by atoms with E-state index in [0.29, 0.717) is 18.0 Å². The fraction of sp³-hybridized carbons (Fsp3) is 0.538. The Balaban J connectivity index is 1.72. The molecule has 2 atom stereocenters. The number of aliphatic carboxylic acids is 1. The number of hydrogen-bond donors (Lipinski definition) is 3. The highest BCUT2D eigenvalue weighted by atomic mass is 16.4. The van der Waals surface area contributed by atoms with Gasteiger partial charge in [0.15, 0.2) is 11.5 Å². The van der Waals surface area contributed by atoms with Crippen molar-refractivity contribution >= 4 is 23.0 Å². The number of H-pyrrole nitrogens is 1. The van der Waals surface area contributed by atoms with Crippen molar-refractivity contribution < 1.29 is 9.90 Å². The van der Waals surface area contributed by atoms with Gasteiger partial charge in [-0.2, -0.15) is 0 Å². The molecule has 0 unspecified atom stereocenters. The molecule has 2 heterocycles. The molecule has 7 heteroatoms. The fourth-order valence-electron chi connectivity index (χ4n) is 2.90. The van der Waals surface area contributed by atoms with Crippen molar-refractivity contribution in [1.29, 1.82) is 0 Å². The van der Waals surface area contributed by atoms with E-state index >= 15 is 0 Å². The number of imidazole rings is 1. The van der Waals surface area contributed by atoms with E-state index in [0.717, 1.165) is 31.2 Å². The number of nitrogens with zero attached hydrogens (tertiary/aromatic N) is 3. The van der Waals surface area contributed by atoms with Gasteiger partial charge in [0.2, 0.25) is 0 Å². The molecule has 0 aromatic carbocycles. The first kappa shape index (κ1) is 12.8. The summed E-state index contributed by atoms with van der Waals surface area (Å²) in [5.41, 5.74) is 1.37. The Morgan fingerprint density at radius 1 is 1.35 bits per heavy atom. The van der Waals surface area contributed by atoms with Crippen molar-refractivity contribution in [3.8, 4) is 0 Å². The monoisotopic (exact) mass is 275 g/mol. The number of carbonyl (C=O) groups is 1. The summed E-state index contributed by atoms with van der Waals surface area (Å²) in [6.07, 6.45) is 6.85. The minimum atomic E-state index is -0.689. The average Bonchev–Trinajstić information content (AvgIpc) is 2.94. The lowest BCUT2D eigenvalue weighted by molar-refractivity contribution is -0.144. The molecule has 1 saturated carbocycles. The summed E-state index contributed by atoms with van der Waals surface area (Å²) in [6.45, 7) is 0.613. The molecule has 2 aromatic heterocycles. The summed E-state index contributed by atoms with van der Waals surface area (Å²) in [6, 6.07) is 0. The Kier molecular flexibility index (Phi) is 3.49. The summed E-state index contributed by atoms with van der Waals surface area (Å²) in [5.74, 6) is -0.113. The predicted molar refractivity (Wildman–Crippen MR) is 73.3 cm³/mol. The number of aromatic amines is 1. The first-order chi connectivity index (χ1) is 9.75. The normalized spacial score (nSPS) is 22.8. The van der Waals surface area contributed by atoms with Crippen LogP contribution in [0.25, 0.3) is 11.2 Å². The van der Waals surface area contributed by atoms with Gasteiger partial charge in [-0.1, -0.05) is 12.8 Å². The van der Waals surface area contributed by atoms with E-state index in [-0.39, 0.29) is 11.8 Å². The number of carboxylic acids is 1. The summed E-state index contributed by atoms with van der Waals surface area (Å²) >= 11 is 0. The molecule has 3 rings (SSSR count). The zero-order chi connectivity index (χ0) is 13.9. The SMILES string of the molecule is O=C(O)[C@H]1CCCC[C@H]1CNc1ncnc2nc[nH]c12. The van der Waals surface area contributed by atoms with Crippen molar-refractivity contribution in [3.05, 3.63) is 12.7 Å². The molecular weight excluding hydrogens is 258 g/mol. The van der Waals surface area contributed by atoms with Gasteiger partial charge in [0, 0.05) is 6.54 Å². The summed E-state index contributed by atoms with van der Waals surface area (Å²) in [4.78, 5) is 26.6. The van der Waals surface area contributed by atoms with Crippen LogP contribution < -0.4 is 5.32 Å². The molecule has 0 aliphatic heterocycles. The number of nitrogens with one attached hydrogen (secondary N) is 2. The average molecular weight is 275 g/mol. The van der Waals surface area contributed by atoms with Gasteiger partial charge in [0.1, 0.15) is 11.8 Å². The van der Waals surface area contributed by atoms with E-state index in [2.05, 4.69) is 25.3 Å². The molecule has 0 spiro atoms. The molecule has 0 saturated heterocycles. The van der Waals surface area contributed by atoms with Gasteiger partial charge in [0.25, 0.3) is 0 Å². The molecule has 7 nitrogen and oxygen atoms in total. The van der Waals surface area contributed by atoms with E-state index in [1.54, 1.807) is 6.33 Å². The first-order valence-electron chi connectivity index (χ1n) is 6.86. The van der Waals surface area contributed by atoms with Crippen LogP contribution in [0.2, 0.25) is 0 Å². The Hall–Kier alpha value is -2.18. The van der Waals surface area contributed by atoms with Crippen LogP contribution >= 0.6 is 0 Å². The van der Waals surface area contributed by atoms with Gasteiger partial charge in [-0.3, -0.25) is 4.79 Å². The quantitative estimate of drug-likeness (QED) is 0.784. The highest BCUT2D eigenvalue weighted by Crippen LogP contribution is 2.30. The number of anilines is 1. The molecule has 1 aliphatic rings. The van der Waals surface area contributed by atoms with Crippen LogP contribution in [0, 0.1) is 11.8 Å². The highest BCUT2D eigenvalue weighted by Gasteiger charge is 2.30. The Morgan fingerprint density at radius 2 is 2.20 bits per heavy atom. The molecule has 0 bridgehead atoms. The minimum absolute atomic E-state index is 0.147. The van der Waals surface area contributed by atoms with E-state index in [1.807, 2.05) is 0 Å². The number of hydrogen-bond acceptors (Lipinski definition) is 5. The highest BCUT2D eigenvalue weighted by molar-refractivity contribution is 5.81. The Bertz CT molecular complexity index is 612. The van der Waals surface area contributed by atoms with Gasteiger partial charge < -0.3 is 15.4 Å². The van der Waals surface area contributed by atoms with Gasteiger partial charge in [-0.05, 0) is 18.8 Å². The third kappa shape index (κ3) is 2.43. The number of carboxylic acid groups (broad SMARTS) is 1. The van der Waals surface area contributed by atoms with Gasteiger partial charge in [-0.15, -0.1) is 0 Å². The minimum Gasteiger partial charge on any atom is -0.481 e. The number of aromatic nitrogens is 4. The lowest BCUT2D eigenvalue weighted by atomic mass is 9.79.